The van der Waals surface area contributed by atoms with Crippen LogP contribution >= 0.6 is 0 Å². The van der Waals surface area contributed by atoms with E-state index < -0.39 is 11.6 Å². The molecule has 0 spiro atoms. The normalized spacial score (nSPS) is 25.1. The quantitative estimate of drug-likeness (QED) is 0.924. The predicted octanol–water partition coefficient (Wildman–Crippen LogP) is 2.69. The smallest absolute Gasteiger partial charge is 0.289 e. The van der Waals surface area contributed by atoms with Gasteiger partial charge >= 0.3 is 0 Å². The third kappa shape index (κ3) is 3.28. The highest BCUT2D eigenvalue weighted by Gasteiger charge is 2.34. The molecule has 0 radical (unpaired) electrons. The fourth-order valence-electron chi connectivity index (χ4n) is 3.83. The first-order chi connectivity index (χ1) is 12.1. The lowest BCUT2D eigenvalue weighted by Crippen LogP contribution is -2.50. The largest absolute Gasteiger partial charge is 0.350 e. The molecule has 1 atom stereocenters. The Morgan fingerprint density at radius 3 is 2.80 bits per heavy atom. The fourth-order valence-corrected chi connectivity index (χ4v) is 3.83. The number of benzene rings is 1. The van der Waals surface area contributed by atoms with E-state index in [1.807, 2.05) is 0 Å². The van der Waals surface area contributed by atoms with Crippen molar-refractivity contribution in [2.24, 2.45) is 11.8 Å². The summed E-state index contributed by atoms with van der Waals surface area (Å²) in [6, 6.07) is 4.42. The highest BCUT2D eigenvalue weighted by atomic mass is 19.1. The summed E-state index contributed by atoms with van der Waals surface area (Å²) >= 11 is 0. The zero-order valence-electron chi connectivity index (χ0n) is 13.7. The van der Waals surface area contributed by atoms with Gasteiger partial charge in [0.05, 0.1) is 0 Å². The lowest BCUT2D eigenvalue weighted by molar-refractivity contribution is 0.0491. The van der Waals surface area contributed by atoms with Crippen molar-refractivity contribution in [3.63, 3.8) is 0 Å². The number of halogens is 2. The predicted molar refractivity (Wildman–Crippen MR) is 86.8 cm³/mol. The summed E-state index contributed by atoms with van der Waals surface area (Å²) in [7, 11) is 0. The molecule has 132 valence electrons. The van der Waals surface area contributed by atoms with Gasteiger partial charge in [-0.2, -0.15) is 0 Å². The van der Waals surface area contributed by atoms with Gasteiger partial charge in [0, 0.05) is 24.7 Å². The molecular formula is C18H19F2N3O2. The summed E-state index contributed by atoms with van der Waals surface area (Å²) in [6.45, 7) is 3.91. The number of carbonyl (C=O) groups excluding carboxylic acids is 1. The van der Waals surface area contributed by atoms with Crippen LogP contribution in [0.1, 0.15) is 23.4 Å². The number of hydrogen-bond donors (Lipinski definition) is 1. The van der Waals surface area contributed by atoms with Crippen LogP contribution in [0.15, 0.2) is 28.8 Å². The molecule has 1 aromatic carbocycles. The highest BCUT2D eigenvalue weighted by molar-refractivity contribution is 5.92. The van der Waals surface area contributed by atoms with Crippen molar-refractivity contribution in [2.45, 2.75) is 12.8 Å². The molecule has 0 aliphatic carbocycles. The number of aromatic nitrogens is 1. The SMILES string of the molecule is O=C(NCC1CN2CCC1CC2)c1cc(-c2cc(F)ccc2F)no1. The molecule has 2 bridgehead atoms. The maximum absolute atomic E-state index is 13.8. The summed E-state index contributed by atoms with van der Waals surface area (Å²) in [5.74, 6) is -0.458. The van der Waals surface area contributed by atoms with Gasteiger partial charge in [-0.05, 0) is 56.0 Å². The zero-order chi connectivity index (χ0) is 17.4. The Morgan fingerprint density at radius 1 is 1.28 bits per heavy atom. The van der Waals surface area contributed by atoms with E-state index in [1.54, 1.807) is 0 Å². The summed E-state index contributed by atoms with van der Waals surface area (Å²) in [4.78, 5) is 14.7. The van der Waals surface area contributed by atoms with Gasteiger partial charge in [0.2, 0.25) is 5.76 Å². The molecular weight excluding hydrogens is 328 g/mol. The zero-order valence-corrected chi connectivity index (χ0v) is 13.7. The van der Waals surface area contributed by atoms with Crippen LogP contribution in [0, 0.1) is 23.5 Å². The van der Waals surface area contributed by atoms with Gasteiger partial charge < -0.3 is 14.7 Å². The van der Waals surface area contributed by atoms with E-state index in [1.165, 1.54) is 18.9 Å². The number of carbonyl (C=O) groups is 1. The van der Waals surface area contributed by atoms with Crippen LogP contribution in [0.4, 0.5) is 8.78 Å². The van der Waals surface area contributed by atoms with Crippen molar-refractivity contribution in [3.8, 4) is 11.3 Å². The van der Waals surface area contributed by atoms with Gasteiger partial charge in [-0.1, -0.05) is 5.16 Å². The van der Waals surface area contributed by atoms with Gasteiger partial charge in [0.15, 0.2) is 0 Å². The van der Waals surface area contributed by atoms with Crippen LogP contribution in [0.3, 0.4) is 0 Å². The average Bonchev–Trinajstić information content (AvgIpc) is 3.13. The van der Waals surface area contributed by atoms with Crippen LogP contribution in [0.25, 0.3) is 11.3 Å². The van der Waals surface area contributed by atoms with Crippen LogP contribution < -0.4 is 5.32 Å². The molecule has 3 saturated heterocycles. The molecule has 3 fully saturated rings. The Hall–Kier alpha value is -2.28. The Kier molecular flexibility index (Phi) is 4.25. The van der Waals surface area contributed by atoms with Crippen molar-refractivity contribution in [1.82, 2.24) is 15.4 Å². The Labute approximate surface area is 144 Å². The highest BCUT2D eigenvalue weighted by Crippen LogP contribution is 2.31. The first-order valence-corrected chi connectivity index (χ1v) is 8.53. The van der Waals surface area contributed by atoms with Gasteiger partial charge in [-0.15, -0.1) is 0 Å². The topological polar surface area (TPSA) is 58.4 Å². The van der Waals surface area contributed by atoms with Crippen LogP contribution in [0.2, 0.25) is 0 Å². The van der Waals surface area contributed by atoms with E-state index in [-0.39, 0.29) is 22.9 Å². The summed E-state index contributed by atoms with van der Waals surface area (Å²) < 4.78 is 32.1. The fraction of sp³-hybridized carbons (Fsp3) is 0.444. The third-order valence-corrected chi connectivity index (χ3v) is 5.25. The first-order valence-electron chi connectivity index (χ1n) is 8.53. The minimum atomic E-state index is -0.617. The molecule has 2 aromatic rings. The van der Waals surface area contributed by atoms with E-state index in [2.05, 4.69) is 15.4 Å². The Bertz CT molecular complexity index is 784. The van der Waals surface area contributed by atoms with Gasteiger partial charge in [-0.25, -0.2) is 8.78 Å². The van der Waals surface area contributed by atoms with Crippen molar-refractivity contribution < 1.29 is 18.1 Å². The molecule has 0 saturated carbocycles. The van der Waals surface area contributed by atoms with Crippen molar-refractivity contribution in [2.75, 3.05) is 26.2 Å². The summed E-state index contributed by atoms with van der Waals surface area (Å²) in [5.41, 5.74) is 0.0742. The Morgan fingerprint density at radius 2 is 2.08 bits per heavy atom. The summed E-state index contributed by atoms with van der Waals surface area (Å²) in [5, 5.41) is 6.57. The molecule has 5 rings (SSSR count). The van der Waals surface area contributed by atoms with Crippen LogP contribution in [0.5, 0.6) is 0 Å². The minimum absolute atomic E-state index is 0.0000591. The molecule has 25 heavy (non-hydrogen) atoms. The number of piperidine rings is 3. The average molecular weight is 347 g/mol. The number of nitrogens with zero attached hydrogens (tertiary/aromatic N) is 2. The van der Waals surface area contributed by atoms with E-state index in [4.69, 9.17) is 4.52 Å². The van der Waals surface area contributed by atoms with E-state index >= 15 is 0 Å². The lowest BCUT2D eigenvalue weighted by atomic mass is 9.79. The monoisotopic (exact) mass is 347 g/mol. The molecule has 1 amide bonds. The molecule has 7 heteroatoms. The third-order valence-electron chi connectivity index (χ3n) is 5.25. The molecule has 1 aromatic heterocycles. The van der Waals surface area contributed by atoms with Crippen LogP contribution in [-0.4, -0.2) is 42.1 Å². The summed E-state index contributed by atoms with van der Waals surface area (Å²) in [6.07, 6.45) is 2.37. The molecule has 1 N–H and O–H groups in total. The maximum Gasteiger partial charge on any atom is 0.289 e. The standard InChI is InChI=1S/C18H19F2N3O2/c19-13-1-2-15(20)14(7-13)16-8-17(25-22-16)18(24)21-9-12-10-23-5-3-11(12)4-6-23/h1-2,7-8,11-12H,3-6,9-10H2,(H,21,24). The van der Waals surface area contributed by atoms with Crippen molar-refractivity contribution in [1.29, 1.82) is 0 Å². The first kappa shape index (κ1) is 16.2. The number of rotatable bonds is 4. The second kappa shape index (κ2) is 6.55. The maximum atomic E-state index is 13.8. The molecule has 5 nitrogen and oxygen atoms in total. The van der Waals surface area contributed by atoms with E-state index in [0.717, 1.165) is 37.8 Å². The second-order valence-corrected chi connectivity index (χ2v) is 6.81. The van der Waals surface area contributed by atoms with Gasteiger partial charge in [0.25, 0.3) is 5.91 Å². The van der Waals surface area contributed by atoms with Gasteiger partial charge in [0.1, 0.15) is 17.3 Å². The molecule has 4 heterocycles. The van der Waals surface area contributed by atoms with Crippen LogP contribution in [-0.2, 0) is 0 Å². The molecule has 3 aliphatic heterocycles. The number of nitrogens with one attached hydrogen (secondary N) is 1. The van der Waals surface area contributed by atoms with Gasteiger partial charge in [-0.3, -0.25) is 4.79 Å². The minimum Gasteiger partial charge on any atom is -0.350 e. The van der Waals surface area contributed by atoms with E-state index in [9.17, 15) is 13.6 Å². The Balaban J connectivity index is 1.41. The molecule has 3 aliphatic rings. The lowest BCUT2D eigenvalue weighted by Gasteiger charge is -2.44. The number of amides is 1. The number of hydrogen-bond acceptors (Lipinski definition) is 4. The van der Waals surface area contributed by atoms with Crippen molar-refractivity contribution >= 4 is 5.91 Å². The second-order valence-electron chi connectivity index (χ2n) is 6.81. The van der Waals surface area contributed by atoms with Crippen molar-refractivity contribution in [3.05, 3.63) is 41.7 Å². The number of fused-ring (bicyclic) bond motifs is 3. The molecule has 1 unspecified atom stereocenters. The van der Waals surface area contributed by atoms with E-state index in [0.29, 0.717) is 18.4 Å².